The maximum atomic E-state index is 12.6. The Kier molecular flexibility index (Phi) is 9.32. The van der Waals surface area contributed by atoms with Gasteiger partial charge < -0.3 is 25.4 Å². The predicted octanol–water partition coefficient (Wildman–Crippen LogP) is 3.24. The van der Waals surface area contributed by atoms with Gasteiger partial charge in [-0.15, -0.1) is 13.2 Å². The highest BCUT2D eigenvalue weighted by atomic mass is 19.4. The Morgan fingerprint density at radius 1 is 0.892 bits per heavy atom. The molecule has 37 heavy (non-hydrogen) atoms. The van der Waals surface area contributed by atoms with Crippen LogP contribution in [0, 0.1) is 5.92 Å². The number of amides is 2. The summed E-state index contributed by atoms with van der Waals surface area (Å²) in [5, 5.41) is 24.5. The first-order chi connectivity index (χ1) is 17.5. The molecule has 11 heteroatoms. The Hall–Kier alpha value is -3.83. The lowest BCUT2D eigenvalue weighted by Crippen LogP contribution is -2.51. The Labute approximate surface area is 212 Å². The molecule has 0 aliphatic heterocycles. The average Bonchev–Trinajstić information content (AvgIpc) is 2.86. The van der Waals surface area contributed by atoms with Crippen molar-refractivity contribution >= 4 is 18.9 Å². The molecule has 0 spiro atoms. The summed E-state index contributed by atoms with van der Waals surface area (Å²) in [6, 6.07) is 22.2. The number of hydrogen-bond acceptors (Lipinski definition) is 5. The fourth-order valence-electron chi connectivity index (χ4n) is 3.57. The molecule has 0 aromatic heterocycles. The molecule has 0 aliphatic rings. The highest BCUT2D eigenvalue weighted by Crippen LogP contribution is 2.23. The quantitative estimate of drug-likeness (QED) is 0.246. The second-order valence-corrected chi connectivity index (χ2v) is 8.43. The summed E-state index contributed by atoms with van der Waals surface area (Å²) in [6.07, 6.45) is -4.73. The number of halogens is 3. The fourth-order valence-corrected chi connectivity index (χ4v) is 3.57. The van der Waals surface area contributed by atoms with Gasteiger partial charge in [0.25, 0.3) is 0 Å². The highest BCUT2D eigenvalue weighted by Gasteiger charge is 2.31. The molecule has 0 saturated carbocycles. The monoisotopic (exact) mass is 514 g/mol. The summed E-state index contributed by atoms with van der Waals surface area (Å²) < 4.78 is 41.0. The SMILES string of the molecule is CC(C(=O)NCc1cccc(OC(F)(F)F)c1)C(=O)NC(Cc1ccc(-c2ccccc2)cc1)B(O)O. The van der Waals surface area contributed by atoms with Gasteiger partial charge in [-0.05, 0) is 47.7 Å². The third-order valence-electron chi connectivity index (χ3n) is 5.59. The standard InChI is InChI=1S/C26H26BF3N2O5/c1-17(24(33)31-16-19-6-5-9-22(14-19)37-26(28,29)30)25(34)32-23(27(35)36)15-18-10-12-21(13-11-18)20-7-3-2-4-8-20/h2-14,17,23,35-36H,15-16H2,1H3,(H,31,33)(H,32,34). The van der Waals surface area contributed by atoms with Crippen LogP contribution in [0.5, 0.6) is 5.75 Å². The first-order valence-electron chi connectivity index (χ1n) is 11.4. The molecular formula is C26H26BF3N2O5. The Bertz CT molecular complexity index is 1190. The molecule has 2 atom stereocenters. The van der Waals surface area contributed by atoms with Gasteiger partial charge in [0.2, 0.25) is 11.8 Å². The number of rotatable bonds is 10. The van der Waals surface area contributed by atoms with Crippen LogP contribution in [0.15, 0.2) is 78.9 Å². The number of alkyl halides is 3. The van der Waals surface area contributed by atoms with E-state index in [0.29, 0.717) is 5.56 Å². The van der Waals surface area contributed by atoms with E-state index in [2.05, 4.69) is 15.4 Å². The van der Waals surface area contributed by atoms with Gasteiger partial charge in [0.1, 0.15) is 11.7 Å². The van der Waals surface area contributed by atoms with Gasteiger partial charge in [-0.1, -0.05) is 66.7 Å². The molecule has 3 aromatic rings. The van der Waals surface area contributed by atoms with Crippen LogP contribution in [0.4, 0.5) is 13.2 Å². The number of ether oxygens (including phenoxy) is 1. The van der Waals surface area contributed by atoms with Crippen molar-refractivity contribution < 1.29 is 37.5 Å². The number of nitrogens with one attached hydrogen (secondary N) is 2. The van der Waals surface area contributed by atoms with Crippen LogP contribution in [0.3, 0.4) is 0 Å². The smallest absolute Gasteiger partial charge is 0.426 e. The lowest BCUT2D eigenvalue weighted by Gasteiger charge is -2.20. The molecule has 3 rings (SSSR count). The summed E-state index contributed by atoms with van der Waals surface area (Å²) in [5.74, 6) is -4.11. The minimum Gasteiger partial charge on any atom is -0.426 e. The largest absolute Gasteiger partial charge is 0.573 e. The molecule has 0 saturated heterocycles. The van der Waals surface area contributed by atoms with Gasteiger partial charge in [0.15, 0.2) is 0 Å². The van der Waals surface area contributed by atoms with Gasteiger partial charge in [0, 0.05) is 6.54 Å². The molecule has 0 aliphatic carbocycles. The topological polar surface area (TPSA) is 108 Å². The normalized spacial score (nSPS) is 12.8. The van der Waals surface area contributed by atoms with Crippen LogP contribution in [-0.2, 0) is 22.6 Å². The summed E-state index contributed by atoms with van der Waals surface area (Å²) in [4.78, 5) is 25.1. The zero-order valence-corrected chi connectivity index (χ0v) is 19.9. The van der Waals surface area contributed by atoms with Crippen molar-refractivity contribution in [2.45, 2.75) is 32.2 Å². The molecule has 7 nitrogen and oxygen atoms in total. The van der Waals surface area contributed by atoms with E-state index >= 15 is 0 Å². The molecule has 4 N–H and O–H groups in total. The number of carbonyl (C=O) groups excluding carboxylic acids is 2. The van der Waals surface area contributed by atoms with Gasteiger partial charge in [-0.2, -0.15) is 0 Å². The maximum absolute atomic E-state index is 12.6. The molecule has 0 fully saturated rings. The van der Waals surface area contributed by atoms with E-state index in [1.807, 2.05) is 54.6 Å². The summed E-state index contributed by atoms with van der Waals surface area (Å²) in [5.41, 5.74) is 3.09. The van der Waals surface area contributed by atoms with E-state index in [0.717, 1.165) is 28.8 Å². The zero-order valence-electron chi connectivity index (χ0n) is 19.9. The number of carbonyl (C=O) groups is 2. The summed E-state index contributed by atoms with van der Waals surface area (Å²) >= 11 is 0. The van der Waals surface area contributed by atoms with Gasteiger partial charge in [-0.3, -0.25) is 9.59 Å². The van der Waals surface area contributed by atoms with Crippen molar-refractivity contribution in [2.75, 3.05) is 0 Å². The van der Waals surface area contributed by atoms with Crippen molar-refractivity contribution in [2.24, 2.45) is 5.92 Å². The molecule has 0 heterocycles. The number of benzene rings is 3. The van der Waals surface area contributed by atoms with E-state index in [1.165, 1.54) is 19.1 Å². The van der Waals surface area contributed by atoms with Crippen LogP contribution in [-0.4, -0.2) is 41.3 Å². The molecule has 2 unspecified atom stereocenters. The van der Waals surface area contributed by atoms with Crippen molar-refractivity contribution in [1.82, 2.24) is 10.6 Å². The maximum Gasteiger partial charge on any atom is 0.573 e. The molecule has 0 radical (unpaired) electrons. The second-order valence-electron chi connectivity index (χ2n) is 8.43. The minimum absolute atomic E-state index is 0.110. The highest BCUT2D eigenvalue weighted by molar-refractivity contribution is 6.43. The van der Waals surface area contributed by atoms with E-state index in [9.17, 15) is 32.8 Å². The van der Waals surface area contributed by atoms with Crippen molar-refractivity contribution in [3.05, 3.63) is 90.0 Å². The van der Waals surface area contributed by atoms with Crippen LogP contribution in [0.1, 0.15) is 18.1 Å². The van der Waals surface area contributed by atoms with E-state index in [4.69, 9.17) is 0 Å². The Morgan fingerprint density at radius 2 is 1.54 bits per heavy atom. The molecule has 0 bridgehead atoms. The van der Waals surface area contributed by atoms with Gasteiger partial charge in [0.05, 0.1) is 5.94 Å². The Balaban J connectivity index is 1.55. The average molecular weight is 514 g/mol. The van der Waals surface area contributed by atoms with Gasteiger partial charge >= 0.3 is 13.5 Å². The first-order valence-corrected chi connectivity index (χ1v) is 11.4. The van der Waals surface area contributed by atoms with Crippen molar-refractivity contribution in [3.63, 3.8) is 0 Å². The lowest BCUT2D eigenvalue weighted by molar-refractivity contribution is -0.274. The van der Waals surface area contributed by atoms with Gasteiger partial charge in [-0.25, -0.2) is 0 Å². The van der Waals surface area contributed by atoms with Crippen molar-refractivity contribution in [3.8, 4) is 16.9 Å². The van der Waals surface area contributed by atoms with Crippen molar-refractivity contribution in [1.29, 1.82) is 0 Å². The second kappa shape index (κ2) is 12.4. The van der Waals surface area contributed by atoms with Crippen LogP contribution in [0.25, 0.3) is 11.1 Å². The molecule has 3 aromatic carbocycles. The summed E-state index contributed by atoms with van der Waals surface area (Å²) in [7, 11) is -1.87. The third kappa shape index (κ3) is 8.66. The lowest BCUT2D eigenvalue weighted by atomic mass is 9.75. The molecular weight excluding hydrogens is 488 g/mol. The van der Waals surface area contributed by atoms with E-state index in [-0.39, 0.29) is 13.0 Å². The van der Waals surface area contributed by atoms with Crippen LogP contribution < -0.4 is 15.4 Å². The third-order valence-corrected chi connectivity index (χ3v) is 5.59. The van der Waals surface area contributed by atoms with Crippen LogP contribution >= 0.6 is 0 Å². The van der Waals surface area contributed by atoms with E-state index in [1.54, 1.807) is 0 Å². The minimum atomic E-state index is -4.84. The summed E-state index contributed by atoms with van der Waals surface area (Å²) in [6.45, 7) is 1.20. The number of hydrogen-bond donors (Lipinski definition) is 4. The van der Waals surface area contributed by atoms with E-state index < -0.39 is 42.9 Å². The molecule has 194 valence electrons. The first kappa shape index (κ1) is 27.8. The fraction of sp³-hybridized carbons (Fsp3) is 0.231. The van der Waals surface area contributed by atoms with Crippen LogP contribution in [0.2, 0.25) is 0 Å². The molecule has 2 amide bonds. The Morgan fingerprint density at radius 3 is 2.16 bits per heavy atom. The predicted molar refractivity (Wildman–Crippen MR) is 132 cm³/mol. The zero-order chi connectivity index (χ0) is 27.0.